The van der Waals surface area contributed by atoms with E-state index in [-0.39, 0.29) is 13.2 Å². The zero-order valence-corrected chi connectivity index (χ0v) is 14.6. The number of rotatable bonds is 7. The van der Waals surface area contributed by atoms with Crippen molar-refractivity contribution in [2.45, 2.75) is 25.5 Å². The van der Waals surface area contributed by atoms with Crippen molar-refractivity contribution in [3.8, 4) is 11.1 Å². The van der Waals surface area contributed by atoms with Crippen molar-refractivity contribution in [3.05, 3.63) is 59.7 Å². The van der Waals surface area contributed by atoms with E-state index in [4.69, 9.17) is 4.84 Å². The second kappa shape index (κ2) is 7.35. The van der Waals surface area contributed by atoms with Crippen molar-refractivity contribution >= 4 is 5.71 Å². The first-order chi connectivity index (χ1) is 12.0. The molecule has 3 N–H and O–H groups in total. The smallest absolute Gasteiger partial charge is 0.144 e. The Balaban J connectivity index is 1.68. The normalized spacial score (nSPS) is 14.0. The van der Waals surface area contributed by atoms with E-state index in [2.05, 4.69) is 22.6 Å². The molecule has 1 atom stereocenters. The lowest BCUT2D eigenvalue weighted by Crippen LogP contribution is -2.46. The van der Waals surface area contributed by atoms with Crippen LogP contribution in [0.4, 0.5) is 0 Å². The van der Waals surface area contributed by atoms with Crippen LogP contribution in [0.2, 0.25) is 0 Å². The number of nitrogens with one attached hydrogen (secondary N) is 1. The Hall–Kier alpha value is -2.21. The van der Waals surface area contributed by atoms with Gasteiger partial charge in [-0.2, -0.15) is 0 Å². The predicted molar refractivity (Wildman–Crippen MR) is 98.6 cm³/mol. The third kappa shape index (κ3) is 3.90. The minimum atomic E-state index is -0.706. The molecule has 0 aromatic heterocycles. The molecule has 0 spiro atoms. The molecule has 0 radical (unpaired) electrons. The van der Waals surface area contributed by atoms with E-state index >= 15 is 0 Å². The number of β-amino-alcohol motifs (C(OH)–C–C–N with tert-alkyl or cyclic N) is 1. The van der Waals surface area contributed by atoms with Crippen molar-refractivity contribution in [2.24, 2.45) is 5.16 Å². The molecule has 5 nitrogen and oxygen atoms in total. The first kappa shape index (κ1) is 17.6. The number of oxime groups is 1. The molecule has 25 heavy (non-hydrogen) atoms. The lowest BCUT2D eigenvalue weighted by molar-refractivity contribution is 0.0343. The molecule has 0 saturated heterocycles. The Morgan fingerprint density at radius 2 is 1.52 bits per heavy atom. The number of aliphatic hydroxyl groups excluding tert-OH is 2. The second-order valence-electron chi connectivity index (χ2n) is 6.90. The molecular formula is C20H24N2O3. The highest BCUT2D eigenvalue weighted by Gasteiger charge is 2.24. The van der Waals surface area contributed by atoms with Gasteiger partial charge in [-0.05, 0) is 25.0 Å². The Bertz CT molecular complexity index is 724. The van der Waals surface area contributed by atoms with Crippen LogP contribution in [0.15, 0.2) is 53.7 Å². The van der Waals surface area contributed by atoms with Crippen LogP contribution in [0.5, 0.6) is 0 Å². The molecule has 1 aliphatic carbocycles. The average molecular weight is 340 g/mol. The van der Waals surface area contributed by atoms with Gasteiger partial charge in [0.25, 0.3) is 0 Å². The SMILES string of the molecule is CC(C)(CO)NC[C@H](O)CON=C1c2ccccc2-c2ccccc21. The maximum absolute atomic E-state index is 10.0. The summed E-state index contributed by atoms with van der Waals surface area (Å²) in [6.07, 6.45) is -0.706. The third-order valence-corrected chi connectivity index (χ3v) is 4.29. The van der Waals surface area contributed by atoms with Gasteiger partial charge in [0.05, 0.1) is 6.61 Å². The van der Waals surface area contributed by atoms with Gasteiger partial charge in [0.1, 0.15) is 18.4 Å². The summed E-state index contributed by atoms with van der Waals surface area (Å²) in [6.45, 7) is 4.14. The van der Waals surface area contributed by atoms with Gasteiger partial charge in [-0.15, -0.1) is 0 Å². The number of hydrogen-bond donors (Lipinski definition) is 3. The molecule has 2 aromatic rings. The molecule has 2 aromatic carbocycles. The maximum atomic E-state index is 10.0. The van der Waals surface area contributed by atoms with Crippen LogP contribution in [0.25, 0.3) is 11.1 Å². The molecule has 1 aliphatic rings. The number of benzene rings is 2. The van der Waals surface area contributed by atoms with Crippen LogP contribution in [0.3, 0.4) is 0 Å². The molecule has 0 fully saturated rings. The summed E-state index contributed by atoms with van der Waals surface area (Å²) < 4.78 is 0. The van der Waals surface area contributed by atoms with Gasteiger partial charge in [0.2, 0.25) is 0 Å². The fraction of sp³-hybridized carbons (Fsp3) is 0.350. The Morgan fingerprint density at radius 3 is 2.04 bits per heavy atom. The molecule has 0 bridgehead atoms. The monoisotopic (exact) mass is 340 g/mol. The van der Waals surface area contributed by atoms with Gasteiger partial charge < -0.3 is 20.4 Å². The van der Waals surface area contributed by atoms with Gasteiger partial charge in [-0.3, -0.25) is 0 Å². The van der Waals surface area contributed by atoms with Crippen molar-refractivity contribution in [1.82, 2.24) is 5.32 Å². The van der Waals surface area contributed by atoms with Crippen molar-refractivity contribution in [3.63, 3.8) is 0 Å². The summed E-state index contributed by atoms with van der Waals surface area (Å²) in [5, 5.41) is 26.6. The Morgan fingerprint density at radius 1 is 1.00 bits per heavy atom. The van der Waals surface area contributed by atoms with E-state index in [9.17, 15) is 10.2 Å². The zero-order chi connectivity index (χ0) is 17.9. The standard InChI is InChI=1S/C20H24N2O3/c1-20(2,13-23)21-11-14(24)12-25-22-19-17-9-5-3-7-15(17)16-8-4-6-10-18(16)19/h3-10,14,21,23-24H,11-13H2,1-2H3/t14-/m0/s1. The highest BCUT2D eigenvalue weighted by molar-refractivity contribution is 6.24. The van der Waals surface area contributed by atoms with Crippen LogP contribution in [-0.4, -0.2) is 47.3 Å². The number of fused-ring (bicyclic) bond motifs is 3. The topological polar surface area (TPSA) is 74.1 Å². The average Bonchev–Trinajstić information content (AvgIpc) is 2.95. The molecule has 0 unspecified atom stereocenters. The van der Waals surface area contributed by atoms with Gasteiger partial charge in [0.15, 0.2) is 0 Å². The lowest BCUT2D eigenvalue weighted by atomic mass is 10.1. The first-order valence-corrected chi connectivity index (χ1v) is 8.45. The molecule has 132 valence electrons. The molecule has 5 heteroatoms. The van der Waals surface area contributed by atoms with Crippen LogP contribution in [-0.2, 0) is 4.84 Å². The van der Waals surface area contributed by atoms with Crippen LogP contribution in [0, 0.1) is 0 Å². The number of nitrogens with zero attached hydrogens (tertiary/aromatic N) is 1. The third-order valence-electron chi connectivity index (χ3n) is 4.29. The van der Waals surface area contributed by atoms with Gasteiger partial charge in [-0.25, -0.2) is 0 Å². The summed E-state index contributed by atoms with van der Waals surface area (Å²) in [5.74, 6) is 0. The summed E-state index contributed by atoms with van der Waals surface area (Å²) in [5.41, 5.74) is 4.73. The van der Waals surface area contributed by atoms with Crippen molar-refractivity contribution in [1.29, 1.82) is 0 Å². The number of aliphatic hydroxyl groups is 2. The Kier molecular flexibility index (Phi) is 5.18. The maximum Gasteiger partial charge on any atom is 0.144 e. The van der Waals surface area contributed by atoms with Crippen LogP contribution >= 0.6 is 0 Å². The summed E-state index contributed by atoms with van der Waals surface area (Å²) in [7, 11) is 0. The molecule has 0 aliphatic heterocycles. The number of hydrogen-bond acceptors (Lipinski definition) is 5. The molecule has 0 saturated carbocycles. The molecular weight excluding hydrogens is 316 g/mol. The Labute approximate surface area is 148 Å². The summed E-state index contributed by atoms with van der Waals surface area (Å²) >= 11 is 0. The fourth-order valence-electron chi connectivity index (χ4n) is 2.79. The van der Waals surface area contributed by atoms with E-state index in [1.807, 2.05) is 50.2 Å². The lowest BCUT2D eigenvalue weighted by Gasteiger charge is -2.24. The summed E-state index contributed by atoms with van der Waals surface area (Å²) in [4.78, 5) is 5.43. The van der Waals surface area contributed by atoms with E-state index in [1.165, 1.54) is 0 Å². The van der Waals surface area contributed by atoms with Crippen molar-refractivity contribution < 1.29 is 15.1 Å². The molecule has 0 amide bonds. The van der Waals surface area contributed by atoms with Gasteiger partial charge in [-0.1, -0.05) is 53.7 Å². The first-order valence-electron chi connectivity index (χ1n) is 8.45. The highest BCUT2D eigenvalue weighted by Crippen LogP contribution is 2.36. The van der Waals surface area contributed by atoms with E-state index < -0.39 is 11.6 Å². The molecule has 0 heterocycles. The zero-order valence-electron chi connectivity index (χ0n) is 14.6. The fourth-order valence-corrected chi connectivity index (χ4v) is 2.79. The minimum Gasteiger partial charge on any atom is -0.394 e. The van der Waals surface area contributed by atoms with E-state index in [0.717, 1.165) is 28.0 Å². The second-order valence-corrected chi connectivity index (χ2v) is 6.90. The predicted octanol–water partition coefficient (Wildman–Crippen LogP) is 2.16. The minimum absolute atomic E-state index is 0.00353. The largest absolute Gasteiger partial charge is 0.394 e. The van der Waals surface area contributed by atoms with E-state index in [0.29, 0.717) is 6.54 Å². The van der Waals surface area contributed by atoms with Gasteiger partial charge >= 0.3 is 0 Å². The van der Waals surface area contributed by atoms with Gasteiger partial charge in [0, 0.05) is 23.2 Å². The molecule has 3 rings (SSSR count). The quantitative estimate of drug-likeness (QED) is 0.576. The van der Waals surface area contributed by atoms with Crippen LogP contribution < -0.4 is 5.32 Å². The van der Waals surface area contributed by atoms with Crippen LogP contribution in [0.1, 0.15) is 25.0 Å². The van der Waals surface area contributed by atoms with E-state index in [1.54, 1.807) is 0 Å². The summed E-state index contributed by atoms with van der Waals surface area (Å²) in [6, 6.07) is 16.2. The highest BCUT2D eigenvalue weighted by atomic mass is 16.6. The van der Waals surface area contributed by atoms with Crippen molar-refractivity contribution in [2.75, 3.05) is 19.8 Å².